The minimum absolute atomic E-state index is 0.143. The standard InChI is InChI=1S/C20H23N5O2/c1-12(2)16-9-14(24-19-21-11-22-25(16)19)18(26)23-15-10-20(3,4)27-17-8-6-5-7-13(15)17/h5-9,11-12,15H,10H2,1-4H3,(H,23,26). The number of rotatable bonds is 3. The predicted octanol–water partition coefficient (Wildman–Crippen LogP) is 3.28. The molecule has 0 spiro atoms. The molecule has 0 radical (unpaired) electrons. The molecule has 3 aromatic rings. The number of hydrogen-bond acceptors (Lipinski definition) is 5. The molecule has 1 aliphatic rings. The van der Waals surface area contributed by atoms with Crippen LogP contribution in [0, 0.1) is 0 Å². The summed E-state index contributed by atoms with van der Waals surface area (Å²) in [6.07, 6.45) is 2.13. The summed E-state index contributed by atoms with van der Waals surface area (Å²) < 4.78 is 7.72. The fourth-order valence-corrected chi connectivity index (χ4v) is 3.53. The number of carbonyl (C=O) groups excluding carboxylic acids is 1. The quantitative estimate of drug-likeness (QED) is 0.770. The van der Waals surface area contributed by atoms with Gasteiger partial charge in [0.25, 0.3) is 11.7 Å². The number of ether oxygens (including phenoxy) is 1. The van der Waals surface area contributed by atoms with Gasteiger partial charge >= 0.3 is 0 Å². The van der Waals surface area contributed by atoms with Crippen molar-refractivity contribution in [3.63, 3.8) is 0 Å². The van der Waals surface area contributed by atoms with Crippen molar-refractivity contribution >= 4 is 11.7 Å². The minimum Gasteiger partial charge on any atom is -0.487 e. The number of aromatic nitrogens is 4. The topological polar surface area (TPSA) is 81.4 Å². The first-order valence-electron chi connectivity index (χ1n) is 9.13. The van der Waals surface area contributed by atoms with Gasteiger partial charge in [-0.3, -0.25) is 4.79 Å². The summed E-state index contributed by atoms with van der Waals surface area (Å²) in [6.45, 7) is 8.16. The van der Waals surface area contributed by atoms with Crippen LogP contribution in [0.1, 0.15) is 67.8 Å². The normalized spacial score (nSPS) is 18.2. The highest BCUT2D eigenvalue weighted by Crippen LogP contribution is 2.39. The van der Waals surface area contributed by atoms with Crippen molar-refractivity contribution in [3.05, 3.63) is 53.6 Å². The third-order valence-corrected chi connectivity index (χ3v) is 4.79. The van der Waals surface area contributed by atoms with Crippen LogP contribution >= 0.6 is 0 Å². The van der Waals surface area contributed by atoms with Crippen molar-refractivity contribution in [2.75, 3.05) is 0 Å². The Hall–Kier alpha value is -2.96. The molecule has 2 aromatic heterocycles. The van der Waals surface area contributed by atoms with E-state index in [1.807, 2.05) is 38.1 Å². The molecule has 1 aromatic carbocycles. The maximum absolute atomic E-state index is 13.0. The fourth-order valence-electron chi connectivity index (χ4n) is 3.53. The van der Waals surface area contributed by atoms with Gasteiger partial charge in [-0.2, -0.15) is 10.1 Å². The van der Waals surface area contributed by atoms with Gasteiger partial charge in [0.15, 0.2) is 0 Å². The molecule has 0 aliphatic carbocycles. The van der Waals surface area contributed by atoms with Crippen LogP contribution in [0.25, 0.3) is 5.78 Å². The summed E-state index contributed by atoms with van der Waals surface area (Å²) in [4.78, 5) is 21.5. The highest BCUT2D eigenvalue weighted by atomic mass is 16.5. The van der Waals surface area contributed by atoms with Crippen LogP contribution in [0.2, 0.25) is 0 Å². The molecule has 1 unspecified atom stereocenters. The van der Waals surface area contributed by atoms with E-state index in [4.69, 9.17) is 4.74 Å². The largest absolute Gasteiger partial charge is 0.487 e. The zero-order chi connectivity index (χ0) is 19.2. The Kier molecular flexibility index (Phi) is 4.09. The second-order valence-electron chi connectivity index (χ2n) is 7.82. The summed E-state index contributed by atoms with van der Waals surface area (Å²) in [7, 11) is 0. The average Bonchev–Trinajstić information content (AvgIpc) is 3.08. The number of amides is 1. The fraction of sp³-hybridized carbons (Fsp3) is 0.400. The summed E-state index contributed by atoms with van der Waals surface area (Å²) in [6, 6.07) is 9.47. The van der Waals surface area contributed by atoms with Crippen LogP contribution in [0.15, 0.2) is 36.7 Å². The molecule has 1 aliphatic heterocycles. The Morgan fingerprint density at radius 1 is 1.33 bits per heavy atom. The summed E-state index contributed by atoms with van der Waals surface area (Å²) in [5.74, 6) is 1.20. The molecule has 0 saturated carbocycles. The third kappa shape index (κ3) is 3.25. The van der Waals surface area contributed by atoms with Crippen LogP contribution in [-0.4, -0.2) is 31.1 Å². The molecule has 0 bridgehead atoms. The van der Waals surface area contributed by atoms with Gasteiger partial charge in [-0.05, 0) is 31.9 Å². The van der Waals surface area contributed by atoms with Gasteiger partial charge in [0.05, 0.1) is 11.7 Å². The molecule has 7 nitrogen and oxygen atoms in total. The second-order valence-corrected chi connectivity index (χ2v) is 7.82. The lowest BCUT2D eigenvalue weighted by Gasteiger charge is -2.37. The first-order chi connectivity index (χ1) is 12.8. The Balaban J connectivity index is 1.67. The van der Waals surface area contributed by atoms with Gasteiger partial charge in [0.1, 0.15) is 23.4 Å². The van der Waals surface area contributed by atoms with Crippen molar-refractivity contribution in [2.45, 2.75) is 51.7 Å². The maximum Gasteiger partial charge on any atom is 0.270 e. The molecule has 1 N–H and O–H groups in total. The zero-order valence-corrected chi connectivity index (χ0v) is 15.9. The second kappa shape index (κ2) is 6.33. The molecule has 140 valence electrons. The number of carbonyl (C=O) groups is 1. The Bertz CT molecular complexity index is 1010. The highest BCUT2D eigenvalue weighted by Gasteiger charge is 2.34. The highest BCUT2D eigenvalue weighted by molar-refractivity contribution is 5.93. The smallest absolute Gasteiger partial charge is 0.270 e. The molecule has 4 rings (SSSR count). The average molecular weight is 365 g/mol. The van der Waals surface area contributed by atoms with E-state index in [1.165, 1.54) is 6.33 Å². The molecule has 1 atom stereocenters. The van der Waals surface area contributed by atoms with Crippen molar-refractivity contribution in [2.24, 2.45) is 0 Å². The van der Waals surface area contributed by atoms with E-state index < -0.39 is 0 Å². The Morgan fingerprint density at radius 3 is 2.89 bits per heavy atom. The number of nitrogens with one attached hydrogen (secondary N) is 1. The van der Waals surface area contributed by atoms with Crippen molar-refractivity contribution in [1.82, 2.24) is 24.9 Å². The number of nitrogens with zero attached hydrogens (tertiary/aromatic N) is 4. The zero-order valence-electron chi connectivity index (χ0n) is 15.9. The molecular formula is C20H23N5O2. The van der Waals surface area contributed by atoms with Gasteiger partial charge in [-0.15, -0.1) is 0 Å². The van der Waals surface area contributed by atoms with Crippen LogP contribution in [0.4, 0.5) is 0 Å². The van der Waals surface area contributed by atoms with E-state index in [-0.39, 0.29) is 23.5 Å². The first-order valence-corrected chi connectivity index (χ1v) is 9.13. The van der Waals surface area contributed by atoms with Gasteiger partial charge in [0.2, 0.25) is 0 Å². The van der Waals surface area contributed by atoms with Crippen LogP contribution in [-0.2, 0) is 0 Å². The third-order valence-electron chi connectivity index (χ3n) is 4.79. The summed E-state index contributed by atoms with van der Waals surface area (Å²) in [5.41, 5.74) is 1.87. The maximum atomic E-state index is 13.0. The molecule has 27 heavy (non-hydrogen) atoms. The molecule has 0 fully saturated rings. The van der Waals surface area contributed by atoms with E-state index in [1.54, 1.807) is 10.6 Å². The van der Waals surface area contributed by atoms with E-state index in [2.05, 4.69) is 34.2 Å². The van der Waals surface area contributed by atoms with Gasteiger partial charge in [-0.25, -0.2) is 9.50 Å². The van der Waals surface area contributed by atoms with E-state index in [9.17, 15) is 4.79 Å². The number of fused-ring (bicyclic) bond motifs is 2. The summed E-state index contributed by atoms with van der Waals surface area (Å²) in [5, 5.41) is 7.33. The monoisotopic (exact) mass is 365 g/mol. The van der Waals surface area contributed by atoms with Gasteiger partial charge < -0.3 is 10.1 Å². The Labute approximate surface area is 157 Å². The van der Waals surface area contributed by atoms with Gasteiger partial charge in [-0.1, -0.05) is 32.0 Å². The van der Waals surface area contributed by atoms with E-state index in [0.717, 1.165) is 17.0 Å². The number of para-hydroxylation sites is 1. The number of benzene rings is 1. The molecular weight excluding hydrogens is 342 g/mol. The molecule has 3 heterocycles. The first kappa shape index (κ1) is 17.5. The van der Waals surface area contributed by atoms with Crippen LogP contribution < -0.4 is 10.1 Å². The van der Waals surface area contributed by atoms with Crippen LogP contribution in [0.5, 0.6) is 5.75 Å². The lowest BCUT2D eigenvalue weighted by atomic mass is 9.89. The van der Waals surface area contributed by atoms with Gasteiger partial charge in [0, 0.05) is 12.0 Å². The molecule has 7 heteroatoms. The van der Waals surface area contributed by atoms with E-state index >= 15 is 0 Å². The summed E-state index contributed by atoms with van der Waals surface area (Å²) >= 11 is 0. The van der Waals surface area contributed by atoms with E-state index in [0.29, 0.717) is 17.9 Å². The minimum atomic E-state index is -0.361. The molecule has 0 saturated heterocycles. The molecule has 1 amide bonds. The van der Waals surface area contributed by atoms with Crippen molar-refractivity contribution in [1.29, 1.82) is 0 Å². The van der Waals surface area contributed by atoms with Crippen molar-refractivity contribution < 1.29 is 9.53 Å². The number of hydrogen-bond donors (Lipinski definition) is 1. The lowest BCUT2D eigenvalue weighted by molar-refractivity contribution is 0.0618. The van der Waals surface area contributed by atoms with Crippen LogP contribution in [0.3, 0.4) is 0 Å². The van der Waals surface area contributed by atoms with Crippen molar-refractivity contribution in [3.8, 4) is 5.75 Å². The lowest BCUT2D eigenvalue weighted by Crippen LogP contribution is -2.41. The Morgan fingerprint density at radius 2 is 2.11 bits per heavy atom. The SMILES string of the molecule is CC(C)c1cc(C(=O)NC2CC(C)(C)Oc3ccccc32)nc2ncnn12. The predicted molar refractivity (Wildman–Crippen MR) is 101 cm³/mol.